The molecule has 1 aromatic carbocycles. The monoisotopic (exact) mass is 419 g/mol. The summed E-state index contributed by atoms with van der Waals surface area (Å²) in [6, 6.07) is 11.5. The van der Waals surface area contributed by atoms with Crippen molar-refractivity contribution in [2.24, 2.45) is 5.73 Å². The van der Waals surface area contributed by atoms with Crippen molar-refractivity contribution in [1.29, 1.82) is 0 Å². The number of fused-ring (bicyclic) bond motifs is 2. The molecule has 0 bridgehead atoms. The lowest BCUT2D eigenvalue weighted by Crippen LogP contribution is -2.46. The third-order valence-electron chi connectivity index (χ3n) is 7.24. The van der Waals surface area contributed by atoms with E-state index in [-0.39, 0.29) is 18.0 Å². The van der Waals surface area contributed by atoms with E-state index < -0.39 is 0 Å². The second-order valence-electron chi connectivity index (χ2n) is 9.48. The molecule has 3 aliphatic rings. The molecular formula is C25H33N5O. The topological polar surface area (TPSA) is 83.3 Å². The summed E-state index contributed by atoms with van der Waals surface area (Å²) in [5, 5.41) is 6.92. The van der Waals surface area contributed by atoms with Crippen molar-refractivity contribution in [1.82, 2.24) is 20.5 Å². The van der Waals surface area contributed by atoms with Gasteiger partial charge in [0.1, 0.15) is 0 Å². The normalized spacial score (nSPS) is 28.0. The fourth-order valence-electron chi connectivity index (χ4n) is 5.73. The molecule has 1 fully saturated rings. The van der Waals surface area contributed by atoms with Crippen LogP contribution in [0.3, 0.4) is 0 Å². The van der Waals surface area contributed by atoms with Gasteiger partial charge >= 0.3 is 0 Å². The summed E-state index contributed by atoms with van der Waals surface area (Å²) < 4.78 is 0. The Labute approximate surface area is 184 Å². The molecule has 0 radical (unpaired) electrons. The van der Waals surface area contributed by atoms with E-state index in [1.54, 1.807) is 0 Å². The highest BCUT2D eigenvalue weighted by atomic mass is 16.1. The Morgan fingerprint density at radius 2 is 2.06 bits per heavy atom. The molecule has 164 valence electrons. The minimum Gasteiger partial charge on any atom is -0.349 e. The van der Waals surface area contributed by atoms with Crippen molar-refractivity contribution in [2.75, 3.05) is 13.6 Å². The molecule has 4 atom stereocenters. The second-order valence-corrected chi connectivity index (χ2v) is 9.48. The number of aromatic nitrogens is 1. The summed E-state index contributed by atoms with van der Waals surface area (Å²) >= 11 is 0. The number of nitrogens with zero attached hydrogens (tertiary/aromatic N) is 2. The first-order valence-electron chi connectivity index (χ1n) is 11.6. The lowest BCUT2D eigenvalue weighted by Gasteiger charge is -2.37. The van der Waals surface area contributed by atoms with Gasteiger partial charge in [0.25, 0.3) is 0 Å². The molecule has 1 amide bonds. The van der Waals surface area contributed by atoms with Crippen LogP contribution >= 0.6 is 0 Å². The number of hydrogen-bond donors (Lipinski definition) is 3. The van der Waals surface area contributed by atoms with E-state index in [1.165, 1.54) is 40.8 Å². The minimum atomic E-state index is -0.0582. The molecule has 1 aliphatic carbocycles. The largest absolute Gasteiger partial charge is 0.349 e. The first-order valence-corrected chi connectivity index (χ1v) is 11.6. The van der Waals surface area contributed by atoms with Gasteiger partial charge in [-0.05, 0) is 67.5 Å². The molecule has 3 heterocycles. The van der Waals surface area contributed by atoms with Crippen molar-refractivity contribution in [3.63, 3.8) is 0 Å². The molecule has 1 saturated heterocycles. The SMILES string of the molecule is CN(C[C@H]1Cc2c(cccc2C2CC(N)CC(=O)N2)CN1)[C@H]1CCCc2cccnc21. The highest BCUT2D eigenvalue weighted by Crippen LogP contribution is 2.34. The molecule has 5 rings (SSSR count). The lowest BCUT2D eigenvalue weighted by molar-refractivity contribution is -0.123. The summed E-state index contributed by atoms with van der Waals surface area (Å²) in [5.41, 5.74) is 12.8. The van der Waals surface area contributed by atoms with Gasteiger partial charge in [-0.25, -0.2) is 0 Å². The van der Waals surface area contributed by atoms with Gasteiger partial charge in [-0.3, -0.25) is 14.7 Å². The Hall–Kier alpha value is -2.28. The van der Waals surface area contributed by atoms with Crippen molar-refractivity contribution >= 4 is 5.91 Å². The van der Waals surface area contributed by atoms with Gasteiger partial charge in [-0.2, -0.15) is 0 Å². The number of pyridine rings is 1. The third-order valence-corrected chi connectivity index (χ3v) is 7.24. The summed E-state index contributed by atoms with van der Waals surface area (Å²) in [6.45, 7) is 1.85. The number of benzene rings is 1. The van der Waals surface area contributed by atoms with Gasteiger partial charge in [-0.1, -0.05) is 24.3 Å². The van der Waals surface area contributed by atoms with Crippen LogP contribution in [0, 0.1) is 0 Å². The Morgan fingerprint density at radius 1 is 1.19 bits per heavy atom. The Kier molecular flexibility index (Phi) is 5.78. The fourth-order valence-corrected chi connectivity index (χ4v) is 5.73. The Morgan fingerprint density at radius 3 is 2.94 bits per heavy atom. The lowest BCUT2D eigenvalue weighted by atomic mass is 9.84. The second kappa shape index (κ2) is 8.69. The van der Waals surface area contributed by atoms with Gasteiger partial charge in [0.15, 0.2) is 0 Å². The number of carbonyl (C=O) groups is 1. The van der Waals surface area contributed by atoms with E-state index in [0.29, 0.717) is 18.5 Å². The van der Waals surface area contributed by atoms with E-state index in [1.807, 2.05) is 6.20 Å². The van der Waals surface area contributed by atoms with Crippen LogP contribution in [-0.4, -0.2) is 41.5 Å². The van der Waals surface area contributed by atoms with E-state index in [4.69, 9.17) is 10.7 Å². The first kappa shape index (κ1) is 20.6. The predicted octanol–water partition coefficient (Wildman–Crippen LogP) is 2.38. The first-order chi connectivity index (χ1) is 15.1. The van der Waals surface area contributed by atoms with E-state index in [9.17, 15) is 4.79 Å². The van der Waals surface area contributed by atoms with Crippen LogP contribution in [0.2, 0.25) is 0 Å². The number of likely N-dealkylation sites (N-methyl/N-ethyl adjacent to an activating group) is 1. The number of nitrogens with one attached hydrogen (secondary N) is 2. The quantitative estimate of drug-likeness (QED) is 0.709. The number of hydrogen-bond acceptors (Lipinski definition) is 5. The predicted molar refractivity (Wildman–Crippen MR) is 121 cm³/mol. The zero-order valence-electron chi connectivity index (χ0n) is 18.3. The van der Waals surface area contributed by atoms with E-state index in [0.717, 1.165) is 32.4 Å². The maximum Gasteiger partial charge on any atom is 0.222 e. The van der Waals surface area contributed by atoms with Gasteiger partial charge in [-0.15, -0.1) is 0 Å². The molecule has 6 nitrogen and oxygen atoms in total. The number of nitrogens with two attached hydrogens (primary N) is 1. The molecule has 31 heavy (non-hydrogen) atoms. The molecule has 2 aliphatic heterocycles. The molecule has 2 aromatic rings. The van der Waals surface area contributed by atoms with Crippen LogP contribution in [0.4, 0.5) is 0 Å². The standard InChI is InChI=1S/C25H33N5O/c1-30(23-9-3-5-16-7-4-10-27-25(16)23)15-19-13-21-17(14-28-19)6-2-8-20(21)22-11-18(26)12-24(31)29-22/h2,4,6-8,10,18-19,22-23,28H,3,5,9,11-15,26H2,1H3,(H,29,31)/t18?,19-,22?,23+/m1/s1. The minimum absolute atomic E-state index is 0.0251. The van der Waals surface area contributed by atoms with Gasteiger partial charge < -0.3 is 16.4 Å². The molecule has 1 aromatic heterocycles. The van der Waals surface area contributed by atoms with Crippen LogP contribution in [0.15, 0.2) is 36.5 Å². The maximum atomic E-state index is 12.1. The van der Waals surface area contributed by atoms with E-state index in [2.05, 4.69) is 52.9 Å². The van der Waals surface area contributed by atoms with Crippen molar-refractivity contribution in [3.05, 3.63) is 64.5 Å². The van der Waals surface area contributed by atoms with Crippen LogP contribution in [0.25, 0.3) is 0 Å². The average Bonchev–Trinajstić information content (AvgIpc) is 2.77. The highest BCUT2D eigenvalue weighted by Gasteiger charge is 2.31. The Bertz CT molecular complexity index is 961. The van der Waals surface area contributed by atoms with Crippen LogP contribution in [0.5, 0.6) is 0 Å². The molecule has 2 unspecified atom stereocenters. The summed E-state index contributed by atoms with van der Waals surface area (Å²) in [6.07, 6.45) is 7.67. The molecule has 0 spiro atoms. The zero-order valence-corrected chi connectivity index (χ0v) is 18.3. The summed E-state index contributed by atoms with van der Waals surface area (Å²) in [7, 11) is 2.23. The fraction of sp³-hybridized carbons (Fsp3) is 0.520. The molecule has 0 saturated carbocycles. The van der Waals surface area contributed by atoms with Gasteiger partial charge in [0, 0.05) is 37.8 Å². The van der Waals surface area contributed by atoms with E-state index >= 15 is 0 Å². The van der Waals surface area contributed by atoms with Crippen LogP contribution < -0.4 is 16.4 Å². The maximum absolute atomic E-state index is 12.1. The Balaban J connectivity index is 1.33. The van der Waals surface area contributed by atoms with Crippen LogP contribution in [-0.2, 0) is 24.2 Å². The molecule has 4 N–H and O–H groups in total. The third kappa shape index (κ3) is 4.25. The van der Waals surface area contributed by atoms with Crippen molar-refractivity contribution in [3.8, 4) is 0 Å². The average molecular weight is 420 g/mol. The molecule has 6 heteroatoms. The summed E-state index contributed by atoms with van der Waals surface area (Å²) in [5.74, 6) is 0.0648. The number of piperidine rings is 1. The number of rotatable bonds is 4. The smallest absolute Gasteiger partial charge is 0.222 e. The number of amides is 1. The van der Waals surface area contributed by atoms with Gasteiger partial charge in [0.05, 0.1) is 17.8 Å². The molecular weight excluding hydrogens is 386 g/mol. The van der Waals surface area contributed by atoms with Crippen molar-refractivity contribution < 1.29 is 4.79 Å². The zero-order chi connectivity index (χ0) is 21.4. The number of carbonyl (C=O) groups excluding carboxylic acids is 1. The van der Waals surface area contributed by atoms with Crippen molar-refractivity contribution in [2.45, 2.75) is 69.2 Å². The summed E-state index contributed by atoms with van der Waals surface area (Å²) in [4.78, 5) is 19.3. The highest BCUT2D eigenvalue weighted by molar-refractivity contribution is 5.78. The van der Waals surface area contributed by atoms with Crippen LogP contribution in [0.1, 0.15) is 65.7 Å². The number of aryl methyl sites for hydroxylation is 1. The van der Waals surface area contributed by atoms with Gasteiger partial charge in [0.2, 0.25) is 5.91 Å².